The topological polar surface area (TPSA) is 93.2 Å². The van der Waals surface area contributed by atoms with Crippen LogP contribution in [-0.4, -0.2) is 34.8 Å². The average Bonchev–Trinajstić information content (AvgIpc) is 2.45. The molecular weight excluding hydrogens is 276 g/mol. The van der Waals surface area contributed by atoms with Gasteiger partial charge >= 0.3 is 5.97 Å². The minimum Gasteiger partial charge on any atom is -0.468 e. The fraction of sp³-hybridized carbons (Fsp3) is 0.500. The van der Waals surface area contributed by atoms with E-state index < -0.39 is 21.7 Å². The van der Waals surface area contributed by atoms with E-state index in [0.29, 0.717) is 12.2 Å². The van der Waals surface area contributed by atoms with Crippen molar-refractivity contribution < 1.29 is 13.7 Å². The summed E-state index contributed by atoms with van der Waals surface area (Å²) in [5.41, 5.74) is 6.75. The number of rotatable bonds is 8. The Bertz CT molecular complexity index is 514. The van der Waals surface area contributed by atoms with Crippen molar-refractivity contribution in [2.45, 2.75) is 25.3 Å². The summed E-state index contributed by atoms with van der Waals surface area (Å²) in [5.74, 6) is -0.0575. The zero-order chi connectivity index (χ0) is 15.0. The van der Waals surface area contributed by atoms with Crippen LogP contribution in [0.2, 0.25) is 0 Å². The predicted molar refractivity (Wildman–Crippen MR) is 80.0 cm³/mol. The van der Waals surface area contributed by atoms with E-state index >= 15 is 0 Å². The van der Waals surface area contributed by atoms with E-state index in [1.165, 1.54) is 12.7 Å². The zero-order valence-corrected chi connectivity index (χ0v) is 12.5. The van der Waals surface area contributed by atoms with E-state index in [0.717, 1.165) is 6.42 Å². The molecule has 5 nitrogen and oxygen atoms in total. The molecule has 0 heterocycles. The Morgan fingerprint density at radius 3 is 2.60 bits per heavy atom. The van der Waals surface area contributed by atoms with Gasteiger partial charge in [0.05, 0.1) is 7.11 Å². The molecule has 0 aliphatic rings. The lowest BCUT2D eigenvalue weighted by molar-refractivity contribution is -0.142. The molecule has 0 spiro atoms. The molecule has 0 saturated heterocycles. The second-order valence-electron chi connectivity index (χ2n) is 4.73. The molecule has 0 aromatic heterocycles. The van der Waals surface area contributed by atoms with Crippen molar-refractivity contribution in [2.24, 2.45) is 5.73 Å². The highest BCUT2D eigenvalue weighted by Gasteiger charge is 2.16. The molecule has 0 aliphatic carbocycles. The van der Waals surface area contributed by atoms with Crippen molar-refractivity contribution in [1.82, 2.24) is 0 Å². The van der Waals surface area contributed by atoms with Crippen LogP contribution in [0.25, 0.3) is 0 Å². The van der Waals surface area contributed by atoms with E-state index in [1.807, 2.05) is 30.3 Å². The third kappa shape index (κ3) is 6.16. The van der Waals surface area contributed by atoms with Gasteiger partial charge in [-0.3, -0.25) is 9.57 Å². The maximum atomic E-state index is 12.1. The third-order valence-electron chi connectivity index (χ3n) is 3.04. The first kappa shape index (κ1) is 16.7. The molecule has 0 fully saturated rings. The van der Waals surface area contributed by atoms with Gasteiger partial charge in [0, 0.05) is 21.2 Å². The molecule has 1 rings (SSSR count). The van der Waals surface area contributed by atoms with E-state index in [1.54, 1.807) is 0 Å². The lowest BCUT2D eigenvalue weighted by Crippen LogP contribution is -2.33. The van der Waals surface area contributed by atoms with E-state index in [9.17, 15) is 9.00 Å². The van der Waals surface area contributed by atoms with Crippen molar-refractivity contribution in [3.63, 3.8) is 0 Å². The number of hydrogen-bond acceptors (Lipinski definition) is 5. The molecule has 0 amide bonds. The van der Waals surface area contributed by atoms with Gasteiger partial charge in [-0.25, -0.2) is 4.21 Å². The normalized spacial score (nSPS) is 15.3. The Balaban J connectivity index is 2.33. The highest BCUT2D eigenvalue weighted by molar-refractivity contribution is 7.92. The largest absolute Gasteiger partial charge is 0.468 e. The monoisotopic (exact) mass is 298 g/mol. The highest BCUT2D eigenvalue weighted by atomic mass is 32.2. The number of nitrogens with two attached hydrogens (primary N) is 1. The summed E-state index contributed by atoms with van der Waals surface area (Å²) >= 11 is 0. The first-order chi connectivity index (χ1) is 9.44. The molecule has 20 heavy (non-hydrogen) atoms. The number of carbonyl (C=O) groups excluding carboxylic acids is 1. The number of hydrogen-bond donors (Lipinski definition) is 2. The van der Waals surface area contributed by atoms with Gasteiger partial charge < -0.3 is 10.5 Å². The predicted octanol–water partition coefficient (Wildman–Crippen LogP) is 1.56. The Morgan fingerprint density at radius 1 is 1.35 bits per heavy atom. The number of benzene rings is 1. The Kier molecular flexibility index (Phi) is 6.67. The molecule has 3 N–H and O–H groups in total. The molecule has 0 radical (unpaired) electrons. The number of nitrogens with one attached hydrogen (secondary N) is 1. The lowest BCUT2D eigenvalue weighted by atomic mass is 10.1. The van der Waals surface area contributed by atoms with Crippen LogP contribution in [0.1, 0.15) is 18.4 Å². The molecule has 0 bridgehead atoms. The van der Waals surface area contributed by atoms with E-state index in [-0.39, 0.29) is 12.2 Å². The summed E-state index contributed by atoms with van der Waals surface area (Å²) in [5, 5.41) is 0. The van der Waals surface area contributed by atoms with Gasteiger partial charge in [-0.05, 0) is 24.8 Å². The average molecular weight is 298 g/mol. The van der Waals surface area contributed by atoms with Crippen LogP contribution >= 0.6 is 0 Å². The van der Waals surface area contributed by atoms with Crippen LogP contribution < -0.4 is 5.73 Å². The summed E-state index contributed by atoms with van der Waals surface area (Å²) in [6, 6.07) is 9.11. The molecule has 0 saturated carbocycles. The molecule has 0 aliphatic heterocycles. The number of methoxy groups -OCH3 is 1. The lowest BCUT2D eigenvalue weighted by Gasteiger charge is -2.11. The number of ether oxygens (including phenoxy) is 1. The molecule has 112 valence electrons. The fourth-order valence-electron chi connectivity index (χ4n) is 1.84. The second-order valence-corrected chi connectivity index (χ2v) is 7.17. The quantitative estimate of drug-likeness (QED) is 0.712. The van der Waals surface area contributed by atoms with Gasteiger partial charge in [0.25, 0.3) is 0 Å². The van der Waals surface area contributed by atoms with Gasteiger partial charge in [0.15, 0.2) is 0 Å². The zero-order valence-electron chi connectivity index (χ0n) is 11.7. The number of carbonyl (C=O) groups is 1. The van der Waals surface area contributed by atoms with Crippen LogP contribution in [0.5, 0.6) is 0 Å². The fourth-order valence-corrected chi connectivity index (χ4v) is 3.29. The van der Waals surface area contributed by atoms with Gasteiger partial charge in [-0.15, -0.1) is 0 Å². The van der Waals surface area contributed by atoms with Crippen molar-refractivity contribution in [3.05, 3.63) is 35.9 Å². The van der Waals surface area contributed by atoms with E-state index in [2.05, 4.69) is 4.74 Å². The molecule has 1 aromatic rings. The van der Waals surface area contributed by atoms with Crippen LogP contribution in [0.4, 0.5) is 0 Å². The minimum absolute atomic E-state index is 0.137. The molecule has 1 unspecified atom stereocenters. The van der Waals surface area contributed by atoms with Gasteiger partial charge in [-0.1, -0.05) is 30.3 Å². The number of esters is 1. The van der Waals surface area contributed by atoms with Crippen LogP contribution in [-0.2, 0) is 25.7 Å². The minimum atomic E-state index is -2.68. The first-order valence-electron chi connectivity index (χ1n) is 6.56. The molecular formula is C14H22N2O3S. The maximum Gasteiger partial charge on any atom is 0.322 e. The van der Waals surface area contributed by atoms with E-state index in [4.69, 9.17) is 10.5 Å². The molecule has 1 aromatic carbocycles. The summed E-state index contributed by atoms with van der Waals surface area (Å²) in [7, 11) is -1.41. The molecule has 2 atom stereocenters. The third-order valence-corrected chi connectivity index (χ3v) is 4.89. The van der Waals surface area contributed by atoms with Crippen LogP contribution in [0.15, 0.2) is 30.3 Å². The Labute approximate surface area is 120 Å². The summed E-state index contributed by atoms with van der Waals surface area (Å²) in [6.45, 7) is 0. The maximum absolute atomic E-state index is 12.1. The smallest absolute Gasteiger partial charge is 0.322 e. The Hall–Kier alpha value is -1.40. The number of aryl methyl sites for hydroxylation is 1. The highest BCUT2D eigenvalue weighted by Crippen LogP contribution is 2.06. The van der Waals surface area contributed by atoms with Gasteiger partial charge in [0.2, 0.25) is 0 Å². The second kappa shape index (κ2) is 8.01. The van der Waals surface area contributed by atoms with Crippen molar-refractivity contribution in [3.8, 4) is 0 Å². The standard InChI is InChI=1S/C14H22N2O3S/c1-19-14(17)13(15)9-11-20(16,18)10-5-8-12-6-3-2-4-7-12/h2-4,6-7,13,16H,5,8-11,15H2,1H3/t13-,20?/m0/s1. The summed E-state index contributed by atoms with van der Waals surface area (Å²) < 4.78 is 24.4. The van der Waals surface area contributed by atoms with Crippen molar-refractivity contribution in [1.29, 1.82) is 4.78 Å². The molecule has 6 heteroatoms. The first-order valence-corrected chi connectivity index (χ1v) is 8.46. The summed E-state index contributed by atoms with van der Waals surface area (Å²) in [6.07, 6.45) is 1.72. The van der Waals surface area contributed by atoms with Gasteiger partial charge in [0.1, 0.15) is 6.04 Å². The van der Waals surface area contributed by atoms with Crippen LogP contribution in [0.3, 0.4) is 0 Å². The summed E-state index contributed by atoms with van der Waals surface area (Å²) in [4.78, 5) is 11.1. The van der Waals surface area contributed by atoms with Gasteiger partial charge in [-0.2, -0.15) is 0 Å². The van der Waals surface area contributed by atoms with Crippen molar-refractivity contribution >= 4 is 15.7 Å². The van der Waals surface area contributed by atoms with Crippen molar-refractivity contribution in [2.75, 3.05) is 18.6 Å². The SMILES string of the molecule is COC(=O)[C@@H](N)CCS(=N)(=O)CCCc1ccccc1. The van der Waals surface area contributed by atoms with Crippen LogP contribution in [0, 0.1) is 4.78 Å². The Morgan fingerprint density at radius 2 is 2.00 bits per heavy atom.